The number of benzene rings is 2. The number of nitrogens with zero attached hydrogens (tertiary/aromatic N) is 3. The Balaban J connectivity index is 1.51. The summed E-state index contributed by atoms with van der Waals surface area (Å²) in [5.41, 5.74) is 1.93. The third-order valence-electron chi connectivity index (χ3n) is 5.19. The molecular weight excluding hydrogens is 384 g/mol. The van der Waals surface area contributed by atoms with Gasteiger partial charge in [-0.25, -0.2) is 4.68 Å². The fraction of sp³-hybridized carbons (Fsp3) is 0.227. The lowest BCUT2D eigenvalue weighted by Crippen LogP contribution is -2.40. The molecule has 2 heterocycles. The molecule has 2 amide bonds. The largest absolute Gasteiger partial charge is 0.482 e. The maximum Gasteiger partial charge on any atom is 0.295 e. The number of hydrogen-bond acceptors (Lipinski definition) is 4. The molecule has 1 N–H and O–H groups in total. The molecule has 0 fully saturated rings. The smallest absolute Gasteiger partial charge is 0.295 e. The fourth-order valence-corrected chi connectivity index (χ4v) is 3.53. The topological polar surface area (TPSA) is 85.6 Å². The minimum Gasteiger partial charge on any atom is -0.482 e. The Hall–Kier alpha value is -3.81. The predicted molar refractivity (Wildman–Crippen MR) is 113 cm³/mol. The average Bonchev–Trinajstić information content (AvgIpc) is 2.96. The van der Waals surface area contributed by atoms with Crippen molar-refractivity contribution in [2.45, 2.75) is 13.3 Å². The van der Waals surface area contributed by atoms with Crippen LogP contribution in [0.1, 0.15) is 12.1 Å². The number of ether oxygens (including phenoxy) is 1. The van der Waals surface area contributed by atoms with E-state index in [1.165, 1.54) is 4.68 Å². The molecule has 1 aliphatic heterocycles. The molecule has 0 unspecified atom stereocenters. The molecule has 0 radical (unpaired) electrons. The number of nitrogens with one attached hydrogen (secondary N) is 1. The van der Waals surface area contributed by atoms with Gasteiger partial charge >= 0.3 is 0 Å². The fourth-order valence-electron chi connectivity index (χ4n) is 3.53. The highest BCUT2D eigenvalue weighted by Crippen LogP contribution is 2.31. The van der Waals surface area contributed by atoms with Crippen LogP contribution in [0.5, 0.6) is 5.75 Å². The first-order valence-electron chi connectivity index (χ1n) is 9.63. The lowest BCUT2D eigenvalue weighted by Gasteiger charge is -2.29. The van der Waals surface area contributed by atoms with Crippen molar-refractivity contribution in [1.82, 2.24) is 9.36 Å². The second kappa shape index (κ2) is 7.90. The van der Waals surface area contributed by atoms with Gasteiger partial charge in [0.1, 0.15) is 11.4 Å². The second-order valence-electron chi connectivity index (χ2n) is 7.04. The molecule has 3 aromatic rings. The highest BCUT2D eigenvalue weighted by atomic mass is 16.5. The van der Waals surface area contributed by atoms with Gasteiger partial charge in [0, 0.05) is 20.0 Å². The molecule has 1 aromatic heterocycles. The van der Waals surface area contributed by atoms with Gasteiger partial charge in [-0.05, 0) is 31.2 Å². The maximum atomic E-state index is 12.9. The van der Waals surface area contributed by atoms with Crippen molar-refractivity contribution in [3.05, 3.63) is 70.6 Å². The van der Waals surface area contributed by atoms with E-state index in [4.69, 9.17) is 4.74 Å². The third-order valence-corrected chi connectivity index (χ3v) is 5.19. The molecule has 0 aliphatic carbocycles. The number of carbonyl (C=O) groups is 2. The second-order valence-corrected chi connectivity index (χ2v) is 7.04. The lowest BCUT2D eigenvalue weighted by atomic mass is 10.2. The molecule has 0 bridgehead atoms. The van der Waals surface area contributed by atoms with Crippen LogP contribution in [0.25, 0.3) is 5.69 Å². The van der Waals surface area contributed by atoms with Crippen molar-refractivity contribution in [3.8, 4) is 11.4 Å². The van der Waals surface area contributed by atoms with Gasteiger partial charge in [0.05, 0.1) is 17.1 Å². The molecule has 1 aliphatic rings. The molecule has 4 rings (SSSR count). The van der Waals surface area contributed by atoms with Gasteiger partial charge in [-0.2, -0.15) is 0 Å². The van der Waals surface area contributed by atoms with Crippen LogP contribution in [0.15, 0.2) is 59.4 Å². The Bertz CT molecular complexity index is 1160. The van der Waals surface area contributed by atoms with Crippen molar-refractivity contribution >= 4 is 23.2 Å². The highest BCUT2D eigenvalue weighted by molar-refractivity contribution is 5.99. The van der Waals surface area contributed by atoms with Crippen molar-refractivity contribution in [2.75, 3.05) is 23.4 Å². The van der Waals surface area contributed by atoms with Crippen LogP contribution in [0.4, 0.5) is 11.4 Å². The van der Waals surface area contributed by atoms with Gasteiger partial charge in [0.15, 0.2) is 6.61 Å². The number of aromatic nitrogens is 2. The van der Waals surface area contributed by atoms with E-state index in [0.717, 1.165) is 0 Å². The first kappa shape index (κ1) is 19.5. The van der Waals surface area contributed by atoms with E-state index < -0.39 is 0 Å². The highest BCUT2D eigenvalue weighted by Gasteiger charge is 2.26. The monoisotopic (exact) mass is 406 g/mol. The molecule has 2 aromatic carbocycles. The van der Waals surface area contributed by atoms with Crippen molar-refractivity contribution in [3.63, 3.8) is 0 Å². The molecule has 0 spiro atoms. The minimum atomic E-state index is -0.335. The molecule has 0 saturated carbocycles. The summed E-state index contributed by atoms with van der Waals surface area (Å²) in [4.78, 5) is 39.3. The van der Waals surface area contributed by atoms with Crippen molar-refractivity contribution in [1.29, 1.82) is 0 Å². The Labute approximate surface area is 173 Å². The van der Waals surface area contributed by atoms with Gasteiger partial charge in [0.2, 0.25) is 5.91 Å². The van der Waals surface area contributed by atoms with Crippen molar-refractivity contribution < 1.29 is 14.3 Å². The van der Waals surface area contributed by atoms with Gasteiger partial charge < -0.3 is 15.0 Å². The zero-order valence-electron chi connectivity index (χ0n) is 16.8. The summed E-state index contributed by atoms with van der Waals surface area (Å²) >= 11 is 0. The number of carbonyl (C=O) groups excluding carboxylic acids is 2. The number of fused-ring (bicyclic) bond motifs is 1. The maximum absolute atomic E-state index is 12.9. The summed E-state index contributed by atoms with van der Waals surface area (Å²) < 4.78 is 8.63. The van der Waals surface area contributed by atoms with Crippen LogP contribution >= 0.6 is 0 Å². The number of rotatable bonds is 5. The zero-order valence-corrected chi connectivity index (χ0v) is 16.8. The minimum absolute atomic E-state index is 0.0547. The standard InChI is InChI=1S/C22H22N4O4/c1-15-21(22(29)26(24(15)2)16-8-4-3-5-9-16)23-19(27)12-13-25-17-10-6-7-11-18(17)30-14-20(25)28/h3-11H,12-14H2,1-2H3,(H,23,27). The van der Waals surface area contributed by atoms with Crippen LogP contribution in [0, 0.1) is 6.92 Å². The van der Waals surface area contributed by atoms with E-state index in [2.05, 4.69) is 5.32 Å². The SMILES string of the molecule is Cc1c(NC(=O)CCN2C(=O)COc3ccccc32)c(=O)n(-c2ccccc2)n1C. The van der Waals surface area contributed by atoms with Gasteiger partial charge in [-0.1, -0.05) is 30.3 Å². The molecule has 8 heteroatoms. The van der Waals surface area contributed by atoms with Crippen LogP contribution in [0.2, 0.25) is 0 Å². The Kier molecular flexibility index (Phi) is 5.14. The number of anilines is 2. The average molecular weight is 406 g/mol. The number of hydrogen-bond donors (Lipinski definition) is 1. The van der Waals surface area contributed by atoms with E-state index in [9.17, 15) is 14.4 Å². The Morgan fingerprint density at radius 3 is 2.53 bits per heavy atom. The predicted octanol–water partition coefficient (Wildman–Crippen LogP) is 2.24. The molecular formula is C22H22N4O4. The van der Waals surface area contributed by atoms with E-state index in [-0.39, 0.29) is 42.6 Å². The molecule has 0 saturated heterocycles. The molecule has 8 nitrogen and oxygen atoms in total. The zero-order chi connectivity index (χ0) is 21.3. The van der Waals surface area contributed by atoms with E-state index in [1.807, 2.05) is 42.5 Å². The number of amides is 2. The quantitative estimate of drug-likeness (QED) is 0.704. The van der Waals surface area contributed by atoms with Gasteiger partial charge in [0.25, 0.3) is 11.5 Å². The summed E-state index contributed by atoms with van der Waals surface area (Å²) in [7, 11) is 1.77. The van der Waals surface area contributed by atoms with Crippen LogP contribution < -0.4 is 20.5 Å². The van der Waals surface area contributed by atoms with E-state index in [1.54, 1.807) is 35.7 Å². The summed E-state index contributed by atoms with van der Waals surface area (Å²) in [6.07, 6.45) is 0.0547. The summed E-state index contributed by atoms with van der Waals surface area (Å²) in [5, 5.41) is 2.73. The first-order valence-corrected chi connectivity index (χ1v) is 9.63. The van der Waals surface area contributed by atoms with Crippen LogP contribution in [-0.2, 0) is 16.6 Å². The summed E-state index contributed by atoms with van der Waals surface area (Å²) in [6.45, 7) is 1.92. The van der Waals surface area contributed by atoms with Gasteiger partial charge in [-0.3, -0.25) is 19.1 Å². The third kappa shape index (κ3) is 3.47. The van der Waals surface area contributed by atoms with Crippen LogP contribution in [-0.4, -0.2) is 34.3 Å². The molecule has 0 atom stereocenters. The molecule has 30 heavy (non-hydrogen) atoms. The Morgan fingerprint density at radius 2 is 1.77 bits per heavy atom. The van der Waals surface area contributed by atoms with Crippen molar-refractivity contribution in [2.24, 2.45) is 7.05 Å². The van der Waals surface area contributed by atoms with E-state index >= 15 is 0 Å². The Morgan fingerprint density at radius 1 is 1.07 bits per heavy atom. The molecule has 154 valence electrons. The normalized spacial score (nSPS) is 13.0. The summed E-state index contributed by atoms with van der Waals surface area (Å²) in [6, 6.07) is 16.4. The number of para-hydroxylation sites is 3. The lowest BCUT2D eigenvalue weighted by molar-refractivity contribution is -0.121. The van der Waals surface area contributed by atoms with E-state index in [0.29, 0.717) is 22.8 Å². The summed E-state index contributed by atoms with van der Waals surface area (Å²) in [5.74, 6) is 0.0729. The first-order chi connectivity index (χ1) is 14.5. The van der Waals surface area contributed by atoms with Gasteiger partial charge in [-0.15, -0.1) is 0 Å². The van der Waals surface area contributed by atoms with Crippen LogP contribution in [0.3, 0.4) is 0 Å².